The first kappa shape index (κ1) is 21.3. The van der Waals surface area contributed by atoms with Gasteiger partial charge in [-0.3, -0.25) is 4.90 Å². The zero-order valence-corrected chi connectivity index (χ0v) is 17.0. The minimum atomic E-state index is 0. The molecular weight excluding hydrogens is 414 g/mol. The van der Waals surface area contributed by atoms with E-state index >= 15 is 0 Å². The summed E-state index contributed by atoms with van der Waals surface area (Å²) in [6, 6.07) is 12.3. The number of rotatable bonds is 3. The van der Waals surface area contributed by atoms with Crippen LogP contribution < -0.4 is 5.73 Å². The zero-order valence-electron chi connectivity index (χ0n) is 13.9. The van der Waals surface area contributed by atoms with E-state index in [9.17, 15) is 0 Å². The summed E-state index contributed by atoms with van der Waals surface area (Å²) in [7, 11) is 0. The molecule has 0 amide bonds. The van der Waals surface area contributed by atoms with Gasteiger partial charge >= 0.3 is 0 Å². The van der Waals surface area contributed by atoms with Crippen LogP contribution in [0.5, 0.6) is 0 Å². The van der Waals surface area contributed by atoms with Gasteiger partial charge in [0, 0.05) is 44.0 Å². The zero-order chi connectivity index (χ0) is 16.7. The summed E-state index contributed by atoms with van der Waals surface area (Å²) in [5, 5.41) is 1.16. The van der Waals surface area contributed by atoms with Gasteiger partial charge < -0.3 is 10.1 Å². The van der Waals surface area contributed by atoms with E-state index in [1.165, 1.54) is 5.56 Å². The van der Waals surface area contributed by atoms with Crippen molar-refractivity contribution in [1.29, 1.82) is 0 Å². The number of aromatic nitrogens is 2. The van der Waals surface area contributed by atoms with Gasteiger partial charge in [-0.2, -0.15) is 0 Å². The Hall–Kier alpha value is -1.01. The number of benzene rings is 1. The highest BCUT2D eigenvalue weighted by molar-refractivity contribution is 6.36. The quantitative estimate of drug-likeness (QED) is 0.665. The Balaban J connectivity index is 0.00000121. The van der Waals surface area contributed by atoms with Crippen molar-refractivity contribution in [2.24, 2.45) is 5.73 Å². The average Bonchev–Trinajstić information content (AvgIpc) is 3.11. The molecule has 1 aliphatic rings. The second-order valence-corrected chi connectivity index (χ2v) is 7.19. The first-order chi connectivity index (χ1) is 11.6. The largest absolute Gasteiger partial charge is 0.326 e. The number of halogens is 4. The lowest BCUT2D eigenvalue weighted by molar-refractivity contribution is 0.320. The molecule has 3 aromatic rings. The standard InChI is InChI=1S/C18H18Cl2N4.2ClH/c19-13-6-16(20)18-22-14(9-24(18)7-13)8-23-10-15(17(21)11-23)12-4-2-1-3-5-12;;/h1-7,9,15,17H,8,10-11,21H2;2*1H/t15-,17+;;/m0../s1. The summed E-state index contributed by atoms with van der Waals surface area (Å²) in [6.45, 7) is 2.56. The second-order valence-electron chi connectivity index (χ2n) is 6.34. The molecule has 1 fully saturated rings. The van der Waals surface area contributed by atoms with Gasteiger partial charge in [-0.1, -0.05) is 53.5 Å². The Morgan fingerprint density at radius 1 is 1.08 bits per heavy atom. The lowest BCUT2D eigenvalue weighted by Gasteiger charge is -2.15. The van der Waals surface area contributed by atoms with Gasteiger partial charge in [0.2, 0.25) is 0 Å². The molecule has 140 valence electrons. The van der Waals surface area contributed by atoms with E-state index in [1.807, 2.05) is 22.9 Å². The SMILES string of the molecule is Cl.Cl.N[C@@H]1CN(Cc2cn3cc(Cl)cc(Cl)c3n2)C[C@H]1c1ccccc1. The molecule has 4 nitrogen and oxygen atoms in total. The maximum atomic E-state index is 6.37. The van der Waals surface area contributed by atoms with Crippen molar-refractivity contribution < 1.29 is 0 Å². The van der Waals surface area contributed by atoms with Gasteiger partial charge in [0.25, 0.3) is 0 Å². The van der Waals surface area contributed by atoms with Crippen molar-refractivity contribution >= 4 is 53.7 Å². The predicted octanol–water partition coefficient (Wildman–Crippen LogP) is 4.41. The number of likely N-dealkylation sites (tertiary alicyclic amines) is 1. The van der Waals surface area contributed by atoms with Crippen molar-refractivity contribution in [1.82, 2.24) is 14.3 Å². The fourth-order valence-corrected chi connectivity index (χ4v) is 4.00. The van der Waals surface area contributed by atoms with Gasteiger partial charge in [0.1, 0.15) is 0 Å². The molecule has 0 aliphatic carbocycles. The van der Waals surface area contributed by atoms with Gasteiger partial charge in [-0.25, -0.2) is 4.98 Å². The molecule has 8 heteroatoms. The van der Waals surface area contributed by atoms with Crippen LogP contribution in [-0.4, -0.2) is 33.4 Å². The molecule has 26 heavy (non-hydrogen) atoms. The van der Waals surface area contributed by atoms with E-state index in [4.69, 9.17) is 28.9 Å². The number of nitrogens with zero attached hydrogens (tertiary/aromatic N) is 3. The first-order valence-electron chi connectivity index (χ1n) is 7.95. The van der Waals surface area contributed by atoms with E-state index in [-0.39, 0.29) is 30.9 Å². The predicted molar refractivity (Wildman–Crippen MR) is 112 cm³/mol. The van der Waals surface area contributed by atoms with E-state index in [0.717, 1.165) is 31.0 Å². The lowest BCUT2D eigenvalue weighted by Crippen LogP contribution is -2.28. The Morgan fingerprint density at radius 3 is 2.54 bits per heavy atom. The van der Waals surface area contributed by atoms with Crippen LogP contribution in [0.15, 0.2) is 48.8 Å². The van der Waals surface area contributed by atoms with Crippen molar-refractivity contribution in [3.8, 4) is 0 Å². The van der Waals surface area contributed by atoms with Crippen LogP contribution in [0.25, 0.3) is 5.65 Å². The number of fused-ring (bicyclic) bond motifs is 1. The number of hydrogen-bond acceptors (Lipinski definition) is 3. The van der Waals surface area contributed by atoms with Crippen molar-refractivity contribution in [2.45, 2.75) is 18.5 Å². The Bertz CT molecular complexity index is 868. The molecule has 0 radical (unpaired) electrons. The van der Waals surface area contributed by atoms with Crippen molar-refractivity contribution in [3.05, 3.63) is 70.1 Å². The maximum absolute atomic E-state index is 6.37. The minimum absolute atomic E-state index is 0. The Morgan fingerprint density at radius 2 is 1.81 bits per heavy atom. The Labute approximate surface area is 175 Å². The minimum Gasteiger partial charge on any atom is -0.326 e. The van der Waals surface area contributed by atoms with Gasteiger partial charge in [0.15, 0.2) is 5.65 Å². The van der Waals surface area contributed by atoms with Crippen molar-refractivity contribution in [3.63, 3.8) is 0 Å². The molecule has 0 bridgehead atoms. The van der Waals surface area contributed by atoms with E-state index in [2.05, 4.69) is 34.1 Å². The summed E-state index contributed by atoms with van der Waals surface area (Å²) in [5.41, 5.74) is 9.38. The lowest BCUT2D eigenvalue weighted by atomic mass is 9.95. The van der Waals surface area contributed by atoms with E-state index in [0.29, 0.717) is 16.0 Å². The van der Waals surface area contributed by atoms with Crippen LogP contribution in [0.3, 0.4) is 0 Å². The molecule has 0 spiro atoms. The fourth-order valence-electron chi connectivity index (χ4n) is 3.48. The first-order valence-corrected chi connectivity index (χ1v) is 8.71. The third kappa shape index (κ3) is 4.28. The summed E-state index contributed by atoms with van der Waals surface area (Å²) in [4.78, 5) is 6.98. The molecule has 2 atom stereocenters. The molecule has 1 aliphatic heterocycles. The van der Waals surface area contributed by atoms with Gasteiger partial charge in [-0.05, 0) is 11.6 Å². The summed E-state index contributed by atoms with van der Waals surface area (Å²) < 4.78 is 1.88. The van der Waals surface area contributed by atoms with Crippen LogP contribution in [0.2, 0.25) is 10.0 Å². The summed E-state index contributed by atoms with van der Waals surface area (Å²) in [5.74, 6) is 0.362. The van der Waals surface area contributed by atoms with Crippen molar-refractivity contribution in [2.75, 3.05) is 13.1 Å². The van der Waals surface area contributed by atoms with Crippen LogP contribution in [0, 0.1) is 0 Å². The third-order valence-corrected chi connectivity index (χ3v) is 5.06. The fraction of sp³-hybridized carbons (Fsp3) is 0.278. The molecule has 2 N–H and O–H groups in total. The number of hydrogen-bond donors (Lipinski definition) is 1. The molecule has 4 rings (SSSR count). The van der Waals surface area contributed by atoms with E-state index < -0.39 is 0 Å². The molecular formula is C18H20Cl4N4. The van der Waals surface area contributed by atoms with Crippen LogP contribution in [-0.2, 0) is 6.54 Å². The molecule has 3 heterocycles. The third-order valence-electron chi connectivity index (χ3n) is 4.58. The maximum Gasteiger partial charge on any atom is 0.156 e. The number of pyridine rings is 1. The average molecular weight is 434 g/mol. The molecule has 1 aromatic carbocycles. The van der Waals surface area contributed by atoms with Gasteiger partial charge in [-0.15, -0.1) is 24.8 Å². The topological polar surface area (TPSA) is 46.6 Å². The molecule has 0 saturated carbocycles. The summed E-state index contributed by atoms with van der Waals surface area (Å²) in [6.07, 6.45) is 3.80. The van der Waals surface area contributed by atoms with Crippen LogP contribution in [0.4, 0.5) is 0 Å². The monoisotopic (exact) mass is 432 g/mol. The van der Waals surface area contributed by atoms with Crippen LogP contribution in [0.1, 0.15) is 17.2 Å². The normalized spacial score (nSPS) is 20.0. The highest BCUT2D eigenvalue weighted by Crippen LogP contribution is 2.28. The smallest absolute Gasteiger partial charge is 0.156 e. The Kier molecular flexibility index (Phi) is 7.19. The highest BCUT2D eigenvalue weighted by atomic mass is 35.5. The summed E-state index contributed by atoms with van der Waals surface area (Å²) >= 11 is 12.3. The van der Waals surface area contributed by atoms with Crippen LogP contribution >= 0.6 is 48.0 Å². The molecule has 1 saturated heterocycles. The van der Waals surface area contributed by atoms with E-state index in [1.54, 1.807) is 6.07 Å². The highest BCUT2D eigenvalue weighted by Gasteiger charge is 2.31. The molecule has 2 aromatic heterocycles. The van der Waals surface area contributed by atoms with Gasteiger partial charge in [0.05, 0.1) is 15.7 Å². The number of imidazole rings is 1. The molecule has 0 unspecified atom stereocenters. The number of nitrogens with two attached hydrogens (primary N) is 1. The second kappa shape index (κ2) is 8.79.